The summed E-state index contributed by atoms with van der Waals surface area (Å²) in [5.41, 5.74) is 4.43. The molecule has 1 aromatic heterocycles. The molecule has 0 spiro atoms. The van der Waals surface area contributed by atoms with Gasteiger partial charge in [0.2, 0.25) is 0 Å². The van der Waals surface area contributed by atoms with Gasteiger partial charge in [-0.15, -0.1) is 11.3 Å². The number of nitriles is 4. The maximum Gasteiger partial charge on any atom is 0.284 e. The summed E-state index contributed by atoms with van der Waals surface area (Å²) in [4.78, 5) is 39.0. The molecule has 4 aliphatic rings. The van der Waals surface area contributed by atoms with Crippen LogP contribution in [0.25, 0.3) is 32.3 Å². The predicted molar refractivity (Wildman–Crippen MR) is 203 cm³/mol. The molecule has 0 unspecified atom stereocenters. The molecule has 10 nitrogen and oxygen atoms in total. The van der Waals surface area contributed by atoms with Gasteiger partial charge >= 0.3 is 0 Å². The van der Waals surface area contributed by atoms with Gasteiger partial charge in [-0.1, -0.05) is 27.7 Å². The quantitative estimate of drug-likeness (QED) is 0.246. The van der Waals surface area contributed by atoms with Crippen LogP contribution in [0.1, 0.15) is 63.8 Å². The van der Waals surface area contributed by atoms with Crippen LogP contribution in [-0.2, 0) is 20.4 Å². The van der Waals surface area contributed by atoms with Gasteiger partial charge in [0, 0.05) is 44.1 Å². The van der Waals surface area contributed by atoms with Crippen LogP contribution in [0.5, 0.6) is 0 Å². The first-order valence-corrected chi connectivity index (χ1v) is 18.5. The van der Waals surface area contributed by atoms with Crippen molar-refractivity contribution in [3.63, 3.8) is 0 Å². The summed E-state index contributed by atoms with van der Waals surface area (Å²) < 4.78 is 2.24. The highest BCUT2D eigenvalue weighted by Crippen LogP contribution is 2.50. The minimum atomic E-state index is -0.522. The molecule has 0 saturated carbocycles. The summed E-state index contributed by atoms with van der Waals surface area (Å²) in [5, 5.41) is 41.1. The lowest BCUT2D eigenvalue weighted by Gasteiger charge is -2.23. The lowest BCUT2D eigenvalue weighted by Crippen LogP contribution is -2.27. The maximum atomic E-state index is 13.3. The van der Waals surface area contributed by atoms with Crippen molar-refractivity contribution in [2.24, 2.45) is 9.98 Å². The minimum Gasteiger partial charge on any atom is -0.299 e. The second kappa shape index (κ2) is 12.1. The first-order chi connectivity index (χ1) is 24.3. The number of thioether (sulfide) groups is 2. The van der Waals surface area contributed by atoms with Gasteiger partial charge in [-0.3, -0.25) is 19.4 Å². The number of carbonyl (C=O) groups excluding carboxylic acids is 2. The molecule has 2 aliphatic carbocycles. The van der Waals surface area contributed by atoms with E-state index in [0.717, 1.165) is 77.3 Å². The molecule has 0 bridgehead atoms. The predicted octanol–water partition coefficient (Wildman–Crippen LogP) is 7.82. The number of aliphatic imine (C=N–C) groups is 2. The van der Waals surface area contributed by atoms with E-state index in [9.17, 15) is 30.6 Å². The summed E-state index contributed by atoms with van der Waals surface area (Å²) in [7, 11) is 0. The molecule has 3 aromatic rings. The zero-order chi connectivity index (χ0) is 36.6. The van der Waals surface area contributed by atoms with Gasteiger partial charge in [-0.25, -0.2) is 9.98 Å². The normalized spacial score (nSPS) is 20.0. The average molecular weight is 725 g/mol. The van der Waals surface area contributed by atoms with E-state index in [1.165, 1.54) is 9.80 Å². The molecule has 7 rings (SSSR count). The molecule has 13 heteroatoms. The third kappa shape index (κ3) is 5.04. The van der Waals surface area contributed by atoms with Crippen LogP contribution in [0, 0.1) is 45.3 Å². The van der Waals surface area contributed by atoms with Crippen LogP contribution < -0.4 is 0 Å². The van der Waals surface area contributed by atoms with Gasteiger partial charge in [0.25, 0.3) is 11.8 Å². The molecule has 2 amide bonds. The summed E-state index contributed by atoms with van der Waals surface area (Å²) >= 11 is 3.82. The minimum absolute atomic E-state index is 0.106. The number of amides is 2. The van der Waals surface area contributed by atoms with Crippen molar-refractivity contribution in [3.05, 3.63) is 79.1 Å². The Morgan fingerprint density at radius 1 is 0.667 bits per heavy atom. The first-order valence-electron chi connectivity index (χ1n) is 16.1. The summed E-state index contributed by atoms with van der Waals surface area (Å²) in [6.45, 7) is 12.6. The molecule has 0 radical (unpaired) electrons. The number of carbonyl (C=O) groups is 2. The van der Waals surface area contributed by atoms with E-state index in [-0.39, 0.29) is 33.0 Å². The van der Waals surface area contributed by atoms with E-state index < -0.39 is 10.8 Å². The number of hydrogen-bond acceptors (Lipinski definition) is 11. The number of thiophene rings is 1. The average Bonchev–Trinajstić information content (AvgIpc) is 3.84. The topological polar surface area (TPSA) is 160 Å². The highest BCUT2D eigenvalue weighted by atomic mass is 32.2. The van der Waals surface area contributed by atoms with E-state index in [2.05, 4.69) is 52.0 Å². The third-order valence-electron chi connectivity index (χ3n) is 9.71. The van der Waals surface area contributed by atoms with Crippen LogP contribution >= 0.6 is 34.9 Å². The van der Waals surface area contributed by atoms with Gasteiger partial charge in [-0.2, -0.15) is 21.0 Å². The van der Waals surface area contributed by atoms with E-state index in [0.29, 0.717) is 23.1 Å². The molecule has 2 fully saturated rings. The number of nitrogens with zero attached hydrogens (tertiary/aromatic N) is 8. The van der Waals surface area contributed by atoms with Gasteiger partial charge in [0.05, 0.1) is 11.4 Å². The fraction of sp³-hybridized carbons (Fsp3) is 0.263. The molecule has 2 aliphatic heterocycles. The van der Waals surface area contributed by atoms with Crippen LogP contribution in [0.15, 0.2) is 66.8 Å². The second-order valence-corrected chi connectivity index (χ2v) is 16.3. The van der Waals surface area contributed by atoms with E-state index in [1.54, 1.807) is 25.2 Å². The number of hydrogen-bond donors (Lipinski definition) is 0. The molecule has 2 aromatic carbocycles. The summed E-state index contributed by atoms with van der Waals surface area (Å²) in [5.74, 6) is -0.640. The van der Waals surface area contributed by atoms with Gasteiger partial charge < -0.3 is 0 Å². The Morgan fingerprint density at radius 3 is 1.37 bits per heavy atom. The van der Waals surface area contributed by atoms with E-state index >= 15 is 0 Å². The van der Waals surface area contributed by atoms with E-state index in [4.69, 9.17) is 9.98 Å². The van der Waals surface area contributed by atoms with Crippen molar-refractivity contribution < 1.29 is 9.59 Å². The third-order valence-corrected chi connectivity index (χ3v) is 13.0. The number of benzene rings is 2. The van der Waals surface area contributed by atoms with Gasteiger partial charge in [0.15, 0.2) is 21.2 Å². The van der Waals surface area contributed by atoms with Crippen LogP contribution in [-0.4, -0.2) is 44.8 Å². The fourth-order valence-electron chi connectivity index (χ4n) is 6.84. The van der Waals surface area contributed by atoms with Crippen LogP contribution in [0.4, 0.5) is 0 Å². The SMILES string of the molecule is CCN1C(=O)C(=NC2=Cc3cc4sc5cc6c(cc5c4cc3C2(C)C)C(C)(C)C(N=C2SC(=C(C#N)C#N)N(CC)C2=O)=C6)SC1=C(C#N)C#N. The zero-order valence-electron chi connectivity index (χ0n) is 28.5. The van der Waals surface area contributed by atoms with Crippen LogP contribution in [0.2, 0.25) is 0 Å². The molecule has 250 valence electrons. The number of rotatable bonds is 4. The first kappa shape index (κ1) is 34.0. The highest BCUT2D eigenvalue weighted by molar-refractivity contribution is 8.20. The molecule has 3 heterocycles. The van der Waals surface area contributed by atoms with Crippen molar-refractivity contribution >= 4 is 89.1 Å². The Labute approximate surface area is 307 Å². The molecule has 2 saturated heterocycles. The maximum absolute atomic E-state index is 13.3. The Bertz CT molecular complexity index is 2350. The lowest BCUT2D eigenvalue weighted by atomic mass is 9.83. The fourth-order valence-corrected chi connectivity index (χ4v) is 10.1. The number of fused-ring (bicyclic) bond motifs is 5. The lowest BCUT2D eigenvalue weighted by molar-refractivity contribution is -0.121. The monoisotopic (exact) mass is 724 g/mol. The van der Waals surface area contributed by atoms with Crippen molar-refractivity contribution in [1.29, 1.82) is 21.0 Å². The standard InChI is InChI=1S/C38H28N8O2S3/c1-7-45-33(47)31(50-35(45)21(15-39)16-40)43-29-11-19-9-27-23(13-25(19)37(29,3)4)24-14-26-20(10-28(24)49-27)12-30(38(26,5)6)44-32-34(48)46(8-2)36(51-32)22(17-41)18-42/h9-14H,7-8H2,1-6H3. The Hall–Kier alpha value is -5.44. The molecule has 0 N–H and O–H groups in total. The molecule has 51 heavy (non-hydrogen) atoms. The van der Waals surface area contributed by atoms with E-state index in [1.807, 2.05) is 36.4 Å². The van der Waals surface area contributed by atoms with Crippen molar-refractivity contribution in [3.8, 4) is 24.3 Å². The van der Waals surface area contributed by atoms with Gasteiger partial charge in [0.1, 0.15) is 34.3 Å². The zero-order valence-corrected chi connectivity index (χ0v) is 30.9. The summed E-state index contributed by atoms with van der Waals surface area (Å²) in [6.07, 6.45) is 4.03. The van der Waals surface area contributed by atoms with Crippen LogP contribution in [0.3, 0.4) is 0 Å². The van der Waals surface area contributed by atoms with Gasteiger partial charge in [-0.05, 0) is 96.0 Å². The van der Waals surface area contributed by atoms with Crippen molar-refractivity contribution in [1.82, 2.24) is 9.80 Å². The van der Waals surface area contributed by atoms with Crippen molar-refractivity contribution in [2.45, 2.75) is 52.4 Å². The molecular formula is C38H28N8O2S3. The molecule has 0 atom stereocenters. The Kier molecular flexibility index (Phi) is 8.08. The summed E-state index contributed by atoms with van der Waals surface area (Å²) in [6, 6.07) is 16.4. The van der Waals surface area contributed by atoms with Crippen molar-refractivity contribution in [2.75, 3.05) is 13.1 Å². The largest absolute Gasteiger partial charge is 0.299 e. The second-order valence-electron chi connectivity index (χ2n) is 13.2. The number of allylic oxidation sites excluding steroid dienone is 4. The smallest absolute Gasteiger partial charge is 0.284 e. The molecular weight excluding hydrogens is 697 g/mol. The Balaban J connectivity index is 1.26. The Morgan fingerprint density at radius 2 is 1.04 bits per heavy atom. The highest BCUT2D eigenvalue weighted by Gasteiger charge is 2.41.